The zero-order valence-electron chi connectivity index (χ0n) is 19.5. The number of anilines is 2. The van der Waals surface area contributed by atoms with Gasteiger partial charge in [-0.25, -0.2) is 9.78 Å². The van der Waals surface area contributed by atoms with Gasteiger partial charge in [0, 0.05) is 35.6 Å². The van der Waals surface area contributed by atoms with Gasteiger partial charge >= 0.3 is 6.09 Å². The van der Waals surface area contributed by atoms with E-state index in [0.717, 1.165) is 29.6 Å². The molecule has 0 saturated heterocycles. The van der Waals surface area contributed by atoms with Gasteiger partial charge in [-0.05, 0) is 53.9 Å². The van der Waals surface area contributed by atoms with Gasteiger partial charge in [-0.2, -0.15) is 4.98 Å². The Bertz CT molecular complexity index is 1090. The zero-order chi connectivity index (χ0) is 23.3. The van der Waals surface area contributed by atoms with Gasteiger partial charge in [-0.1, -0.05) is 24.3 Å². The average Bonchev–Trinajstić information content (AvgIpc) is 2.68. The van der Waals surface area contributed by atoms with Crippen molar-refractivity contribution in [2.24, 2.45) is 0 Å². The highest BCUT2D eigenvalue weighted by Crippen LogP contribution is 2.34. The van der Waals surface area contributed by atoms with Gasteiger partial charge in [-0.15, -0.1) is 0 Å². The Kier molecular flexibility index (Phi) is 7.15. The minimum atomic E-state index is -0.577. The predicted octanol–water partition coefficient (Wildman–Crippen LogP) is 5.05. The van der Waals surface area contributed by atoms with Crippen molar-refractivity contribution in [1.82, 2.24) is 14.9 Å². The highest BCUT2D eigenvalue weighted by molar-refractivity contribution is 6.02. The number of fused-ring (bicyclic) bond motifs is 1. The van der Waals surface area contributed by atoms with Gasteiger partial charge in [0.05, 0.1) is 5.69 Å². The molecule has 0 saturated carbocycles. The molecule has 2 N–H and O–H groups in total. The molecule has 0 radical (unpaired) electrons. The molecule has 170 valence electrons. The summed E-state index contributed by atoms with van der Waals surface area (Å²) < 4.78 is 11.5. The summed E-state index contributed by atoms with van der Waals surface area (Å²) in [5.41, 5.74) is 0.869. The molecule has 8 nitrogen and oxygen atoms in total. The van der Waals surface area contributed by atoms with Gasteiger partial charge in [0.1, 0.15) is 11.4 Å². The van der Waals surface area contributed by atoms with Gasteiger partial charge < -0.3 is 19.7 Å². The lowest BCUT2D eigenvalue weighted by Crippen LogP contribution is -2.27. The molecule has 0 aliphatic carbocycles. The Morgan fingerprint density at radius 3 is 2.47 bits per heavy atom. The first-order chi connectivity index (χ1) is 15.1. The minimum Gasteiger partial charge on any atom is -0.444 e. The lowest BCUT2D eigenvalue weighted by atomic mass is 10.1. The summed E-state index contributed by atoms with van der Waals surface area (Å²) in [5.74, 6) is 1.60. The highest BCUT2D eigenvalue weighted by Gasteiger charge is 2.18. The fourth-order valence-electron chi connectivity index (χ4n) is 3.06. The van der Waals surface area contributed by atoms with Gasteiger partial charge in [0.15, 0.2) is 0 Å². The maximum Gasteiger partial charge on any atom is 0.412 e. The maximum atomic E-state index is 12.3. The molecule has 32 heavy (non-hydrogen) atoms. The van der Waals surface area contributed by atoms with Crippen LogP contribution < -0.4 is 15.4 Å². The molecule has 2 aromatic carbocycles. The van der Waals surface area contributed by atoms with E-state index in [4.69, 9.17) is 9.47 Å². The maximum absolute atomic E-state index is 12.3. The minimum absolute atomic E-state index is 0.447. The number of nitrogens with one attached hydrogen (secondary N) is 2. The summed E-state index contributed by atoms with van der Waals surface area (Å²) in [6.07, 6.45) is -0.504. The topological polar surface area (TPSA) is 88.6 Å². The molecule has 0 aliphatic heterocycles. The van der Waals surface area contributed by atoms with Crippen LogP contribution in [0.4, 0.5) is 16.4 Å². The smallest absolute Gasteiger partial charge is 0.412 e. The number of hydrogen-bond acceptors (Lipinski definition) is 7. The molecule has 0 unspecified atom stereocenters. The van der Waals surface area contributed by atoms with E-state index in [9.17, 15) is 4.79 Å². The second kappa shape index (κ2) is 9.82. The van der Waals surface area contributed by atoms with Crippen molar-refractivity contribution in [3.8, 4) is 11.6 Å². The van der Waals surface area contributed by atoms with Gasteiger partial charge in [0.25, 0.3) is 0 Å². The predicted molar refractivity (Wildman–Crippen MR) is 128 cm³/mol. The van der Waals surface area contributed by atoms with Gasteiger partial charge in [-0.3, -0.25) is 5.32 Å². The van der Waals surface area contributed by atoms with Crippen LogP contribution in [0.25, 0.3) is 10.8 Å². The van der Waals surface area contributed by atoms with Crippen LogP contribution in [-0.4, -0.2) is 53.7 Å². The fourth-order valence-corrected chi connectivity index (χ4v) is 3.06. The van der Waals surface area contributed by atoms with E-state index in [2.05, 4.69) is 25.5 Å². The Balaban J connectivity index is 1.84. The standard InChI is InChI=1S/C24H31N5O3/c1-16-15-21(28-22(26-16)25-13-14-29(5)6)31-20-12-11-19(17-9-7-8-10-18(17)20)27-23(30)32-24(2,3)4/h7-12,15H,13-14H2,1-6H3,(H,27,30)(H,25,26,28). The van der Waals surface area contributed by atoms with E-state index in [1.807, 2.05) is 72.1 Å². The Hall–Kier alpha value is -3.39. The summed E-state index contributed by atoms with van der Waals surface area (Å²) in [7, 11) is 4.03. The molecule has 8 heteroatoms. The van der Waals surface area contributed by atoms with Gasteiger partial charge in [0.2, 0.25) is 11.8 Å². The quantitative estimate of drug-likeness (QED) is 0.535. The summed E-state index contributed by atoms with van der Waals surface area (Å²) in [6.45, 7) is 8.98. The SMILES string of the molecule is Cc1cc(Oc2ccc(NC(=O)OC(C)(C)C)c3ccccc23)nc(NCCN(C)C)n1. The van der Waals surface area contributed by atoms with E-state index in [1.54, 1.807) is 12.1 Å². The van der Waals surface area contributed by atoms with Crippen molar-refractivity contribution in [2.75, 3.05) is 37.8 Å². The Labute approximate surface area is 189 Å². The van der Waals surface area contributed by atoms with Crippen molar-refractivity contribution >= 4 is 28.5 Å². The summed E-state index contributed by atoms with van der Waals surface area (Å²) >= 11 is 0. The number of aryl methyl sites for hydroxylation is 1. The number of nitrogens with zero attached hydrogens (tertiary/aromatic N) is 3. The number of rotatable bonds is 7. The molecule has 1 aromatic heterocycles. The normalized spacial score (nSPS) is 11.5. The van der Waals surface area contributed by atoms with Crippen LogP contribution >= 0.6 is 0 Å². The fraction of sp³-hybridized carbons (Fsp3) is 0.375. The largest absolute Gasteiger partial charge is 0.444 e. The van der Waals surface area contributed by atoms with E-state index < -0.39 is 11.7 Å². The number of ether oxygens (including phenoxy) is 2. The summed E-state index contributed by atoms with van der Waals surface area (Å²) in [4.78, 5) is 23.3. The molecule has 0 atom stereocenters. The molecular formula is C24H31N5O3. The number of aromatic nitrogens is 2. The first kappa shape index (κ1) is 23.3. The lowest BCUT2D eigenvalue weighted by Gasteiger charge is -2.20. The average molecular weight is 438 g/mol. The molecule has 1 heterocycles. The van der Waals surface area contributed by atoms with Crippen molar-refractivity contribution < 1.29 is 14.3 Å². The molecule has 0 fully saturated rings. The van der Waals surface area contributed by atoms with Crippen LogP contribution in [0, 0.1) is 6.92 Å². The molecule has 3 aromatic rings. The van der Waals surface area contributed by atoms with Crippen molar-refractivity contribution in [2.45, 2.75) is 33.3 Å². The van der Waals surface area contributed by atoms with Crippen molar-refractivity contribution in [1.29, 1.82) is 0 Å². The van der Waals surface area contributed by atoms with Crippen LogP contribution in [0.5, 0.6) is 11.6 Å². The van der Waals surface area contributed by atoms with Crippen molar-refractivity contribution in [3.63, 3.8) is 0 Å². The van der Waals surface area contributed by atoms with E-state index in [-0.39, 0.29) is 0 Å². The molecule has 0 aliphatic rings. The monoisotopic (exact) mass is 437 g/mol. The number of carbonyl (C=O) groups is 1. The van der Waals surface area contributed by atoms with Crippen LogP contribution in [-0.2, 0) is 4.74 Å². The number of amides is 1. The van der Waals surface area contributed by atoms with E-state index in [1.165, 1.54) is 0 Å². The third kappa shape index (κ3) is 6.55. The first-order valence-electron chi connectivity index (χ1n) is 10.5. The number of benzene rings is 2. The summed E-state index contributed by atoms with van der Waals surface area (Å²) in [6, 6.07) is 13.1. The highest BCUT2D eigenvalue weighted by atomic mass is 16.6. The third-order valence-corrected chi connectivity index (χ3v) is 4.41. The zero-order valence-corrected chi connectivity index (χ0v) is 19.5. The summed E-state index contributed by atoms with van der Waals surface area (Å²) in [5, 5.41) is 7.74. The van der Waals surface area contributed by atoms with Crippen LogP contribution in [0.1, 0.15) is 26.5 Å². The number of carbonyl (C=O) groups excluding carboxylic acids is 1. The molecule has 1 amide bonds. The third-order valence-electron chi connectivity index (χ3n) is 4.41. The van der Waals surface area contributed by atoms with E-state index >= 15 is 0 Å². The molecule has 0 spiro atoms. The number of hydrogen-bond donors (Lipinski definition) is 2. The second-order valence-electron chi connectivity index (χ2n) is 8.79. The van der Waals surface area contributed by atoms with Crippen LogP contribution in [0.15, 0.2) is 42.5 Å². The Morgan fingerprint density at radius 1 is 1.06 bits per heavy atom. The first-order valence-corrected chi connectivity index (χ1v) is 10.5. The lowest BCUT2D eigenvalue weighted by molar-refractivity contribution is 0.0636. The van der Waals surface area contributed by atoms with Crippen LogP contribution in [0.3, 0.4) is 0 Å². The number of likely N-dealkylation sites (N-methyl/N-ethyl adjacent to an activating group) is 1. The van der Waals surface area contributed by atoms with Crippen molar-refractivity contribution in [3.05, 3.63) is 48.2 Å². The molecule has 3 rings (SSSR count). The van der Waals surface area contributed by atoms with Crippen LogP contribution in [0.2, 0.25) is 0 Å². The second-order valence-corrected chi connectivity index (χ2v) is 8.79. The Morgan fingerprint density at radius 2 is 1.78 bits per heavy atom. The molecule has 0 bridgehead atoms. The van der Waals surface area contributed by atoms with E-state index in [0.29, 0.717) is 23.3 Å². The molecular weight excluding hydrogens is 406 g/mol.